The largest absolute Gasteiger partial charge is 0.488 e. The molecule has 2 heterocycles. The van der Waals surface area contributed by atoms with Crippen LogP contribution in [0.3, 0.4) is 0 Å². The summed E-state index contributed by atoms with van der Waals surface area (Å²) in [5, 5.41) is 0. The van der Waals surface area contributed by atoms with Crippen LogP contribution in [0.2, 0.25) is 0 Å². The second kappa shape index (κ2) is 7.45. The molecule has 140 valence electrons. The Morgan fingerprint density at radius 3 is 2.38 bits per heavy atom. The first-order valence-electron chi connectivity index (χ1n) is 8.34. The van der Waals surface area contributed by atoms with Gasteiger partial charge in [-0.2, -0.15) is 8.42 Å². The van der Waals surface area contributed by atoms with Crippen LogP contribution < -0.4 is 9.08 Å². The van der Waals surface area contributed by atoms with E-state index in [1.54, 1.807) is 6.07 Å². The van der Waals surface area contributed by atoms with E-state index in [9.17, 15) is 21.9 Å². The van der Waals surface area contributed by atoms with Crippen molar-refractivity contribution in [1.29, 1.82) is 0 Å². The number of amides is 2. The van der Waals surface area contributed by atoms with Crippen molar-refractivity contribution in [2.24, 2.45) is 5.92 Å². The molecule has 26 heavy (non-hydrogen) atoms. The first-order valence-corrected chi connectivity index (χ1v) is 9.65. The number of piperidine rings is 1. The highest BCUT2D eigenvalue weighted by Crippen LogP contribution is 2.28. The molecular formula is C17H19FN2O5S. The highest BCUT2D eigenvalue weighted by Gasteiger charge is 2.26. The zero-order valence-electron chi connectivity index (χ0n) is 14.0. The standard InChI is InChI=1S/C17H19FN2O5S/c18-26(23,24)25-15-3-1-2-14(12-15)19-9-6-13(7-10-19)8-11-20-16(21)4-5-17(20)22/h1-5,12-13H,6-11H2. The minimum atomic E-state index is -5.04. The van der Waals surface area contributed by atoms with Crippen LogP contribution in [-0.4, -0.2) is 44.8 Å². The number of nitrogens with zero attached hydrogens (tertiary/aromatic N) is 2. The van der Waals surface area contributed by atoms with Gasteiger partial charge in [0.2, 0.25) is 0 Å². The topological polar surface area (TPSA) is 84.0 Å². The van der Waals surface area contributed by atoms with Crippen LogP contribution in [0, 0.1) is 5.92 Å². The third-order valence-corrected chi connectivity index (χ3v) is 5.05. The van der Waals surface area contributed by atoms with Crippen LogP contribution in [-0.2, 0) is 20.1 Å². The lowest BCUT2D eigenvalue weighted by Crippen LogP contribution is -2.36. The van der Waals surface area contributed by atoms with Gasteiger partial charge in [-0.15, -0.1) is 0 Å². The van der Waals surface area contributed by atoms with Crippen molar-refractivity contribution >= 4 is 28.0 Å². The molecule has 1 fully saturated rings. The van der Waals surface area contributed by atoms with Gasteiger partial charge in [-0.05, 0) is 37.3 Å². The van der Waals surface area contributed by atoms with Crippen molar-refractivity contribution < 1.29 is 26.1 Å². The van der Waals surface area contributed by atoms with E-state index >= 15 is 0 Å². The zero-order chi connectivity index (χ0) is 18.7. The maximum absolute atomic E-state index is 12.6. The SMILES string of the molecule is O=C1C=CC(=O)N1CCC1CCN(c2cccc(OS(=O)(=O)F)c2)CC1. The van der Waals surface area contributed by atoms with Crippen molar-refractivity contribution in [3.8, 4) is 5.75 Å². The first-order chi connectivity index (χ1) is 12.3. The molecule has 7 nitrogen and oxygen atoms in total. The molecule has 0 bridgehead atoms. The Balaban J connectivity index is 1.51. The monoisotopic (exact) mass is 382 g/mol. The smallest absolute Gasteiger partial charge is 0.371 e. The van der Waals surface area contributed by atoms with E-state index in [-0.39, 0.29) is 17.6 Å². The van der Waals surface area contributed by atoms with Crippen LogP contribution in [0.1, 0.15) is 19.3 Å². The summed E-state index contributed by atoms with van der Waals surface area (Å²) < 4.78 is 38.1. The molecule has 0 radical (unpaired) electrons. The number of hydrogen-bond donors (Lipinski definition) is 0. The Bertz CT molecular complexity index is 813. The fourth-order valence-electron chi connectivity index (χ4n) is 3.29. The Hall–Kier alpha value is -2.42. The number of carbonyl (C=O) groups excluding carboxylic acids is 2. The zero-order valence-corrected chi connectivity index (χ0v) is 14.8. The molecule has 1 aromatic carbocycles. The lowest BCUT2D eigenvalue weighted by Gasteiger charge is -2.34. The van der Waals surface area contributed by atoms with Crippen LogP contribution >= 0.6 is 0 Å². The highest BCUT2D eigenvalue weighted by atomic mass is 32.3. The van der Waals surface area contributed by atoms with Crippen molar-refractivity contribution in [3.05, 3.63) is 36.4 Å². The summed E-state index contributed by atoms with van der Waals surface area (Å²) in [7, 11) is -5.04. The number of benzene rings is 1. The summed E-state index contributed by atoms with van der Waals surface area (Å²) >= 11 is 0. The minimum absolute atomic E-state index is 0.0642. The number of halogens is 1. The van der Waals surface area contributed by atoms with Gasteiger partial charge in [0.05, 0.1) is 0 Å². The third-order valence-electron chi connectivity index (χ3n) is 4.65. The number of imide groups is 1. The maximum Gasteiger partial charge on any atom is 0.488 e. The fraction of sp³-hybridized carbons (Fsp3) is 0.412. The summed E-state index contributed by atoms with van der Waals surface area (Å²) in [6.45, 7) is 1.92. The number of hydrogen-bond acceptors (Lipinski definition) is 6. The lowest BCUT2D eigenvalue weighted by molar-refractivity contribution is -0.136. The van der Waals surface area contributed by atoms with Gasteiger partial charge in [0, 0.05) is 43.5 Å². The molecule has 0 unspecified atom stereocenters. The maximum atomic E-state index is 12.6. The van der Waals surface area contributed by atoms with Gasteiger partial charge in [0.15, 0.2) is 0 Å². The summed E-state index contributed by atoms with van der Waals surface area (Å²) in [6.07, 6.45) is 5.11. The molecule has 2 aliphatic rings. The van der Waals surface area contributed by atoms with Gasteiger partial charge in [-0.3, -0.25) is 14.5 Å². The van der Waals surface area contributed by atoms with E-state index in [1.807, 2.05) is 6.07 Å². The van der Waals surface area contributed by atoms with Gasteiger partial charge >= 0.3 is 10.5 Å². The van der Waals surface area contributed by atoms with Crippen LogP contribution in [0.4, 0.5) is 9.57 Å². The summed E-state index contributed by atoms with van der Waals surface area (Å²) in [5.74, 6) is -0.178. The Kier molecular flexibility index (Phi) is 5.26. The average molecular weight is 382 g/mol. The van der Waals surface area contributed by atoms with Crippen LogP contribution in [0.15, 0.2) is 36.4 Å². The number of carbonyl (C=O) groups is 2. The summed E-state index contributed by atoms with van der Waals surface area (Å²) in [5.41, 5.74) is 0.763. The van der Waals surface area contributed by atoms with Gasteiger partial charge in [0.25, 0.3) is 11.8 Å². The molecule has 1 saturated heterocycles. The van der Waals surface area contributed by atoms with E-state index in [0.29, 0.717) is 12.5 Å². The van der Waals surface area contributed by atoms with E-state index in [1.165, 1.54) is 29.2 Å². The molecule has 0 aromatic heterocycles. The van der Waals surface area contributed by atoms with Crippen LogP contribution in [0.5, 0.6) is 5.75 Å². The number of rotatable bonds is 6. The molecule has 0 N–H and O–H groups in total. The molecular weight excluding hydrogens is 363 g/mol. The number of anilines is 1. The molecule has 0 atom stereocenters. The van der Waals surface area contributed by atoms with Crippen molar-refractivity contribution in [3.63, 3.8) is 0 Å². The van der Waals surface area contributed by atoms with Gasteiger partial charge in [0.1, 0.15) is 5.75 Å². The molecule has 1 aromatic rings. The first kappa shape index (κ1) is 18.4. The predicted octanol–water partition coefficient (Wildman–Crippen LogP) is 1.81. The van der Waals surface area contributed by atoms with E-state index in [0.717, 1.165) is 38.0 Å². The Labute approximate surface area is 151 Å². The quantitative estimate of drug-likeness (QED) is 0.551. The normalized spacial score (nSPS) is 18.7. The third kappa shape index (κ3) is 4.60. The minimum Gasteiger partial charge on any atom is -0.371 e. The van der Waals surface area contributed by atoms with Crippen molar-refractivity contribution in [2.75, 3.05) is 24.5 Å². The molecule has 0 saturated carbocycles. The molecule has 2 amide bonds. The molecule has 0 aliphatic carbocycles. The second-order valence-electron chi connectivity index (χ2n) is 6.35. The lowest BCUT2D eigenvalue weighted by atomic mass is 9.93. The summed E-state index contributed by atoms with van der Waals surface area (Å²) in [4.78, 5) is 26.4. The molecule has 3 rings (SSSR count). The van der Waals surface area contributed by atoms with E-state index in [4.69, 9.17) is 0 Å². The van der Waals surface area contributed by atoms with Gasteiger partial charge < -0.3 is 9.08 Å². The van der Waals surface area contributed by atoms with Crippen LogP contribution in [0.25, 0.3) is 0 Å². The van der Waals surface area contributed by atoms with Gasteiger partial charge in [-0.1, -0.05) is 9.95 Å². The molecule has 9 heteroatoms. The van der Waals surface area contributed by atoms with E-state index in [2.05, 4.69) is 9.08 Å². The molecule has 2 aliphatic heterocycles. The van der Waals surface area contributed by atoms with Crippen molar-refractivity contribution in [1.82, 2.24) is 4.90 Å². The average Bonchev–Trinajstić information content (AvgIpc) is 2.90. The Morgan fingerprint density at radius 1 is 1.12 bits per heavy atom. The van der Waals surface area contributed by atoms with E-state index < -0.39 is 10.5 Å². The Morgan fingerprint density at radius 2 is 1.77 bits per heavy atom. The molecule has 0 spiro atoms. The summed E-state index contributed by atoms with van der Waals surface area (Å²) in [6, 6.07) is 6.29. The second-order valence-corrected chi connectivity index (χ2v) is 7.31. The van der Waals surface area contributed by atoms with Crippen molar-refractivity contribution in [2.45, 2.75) is 19.3 Å². The highest BCUT2D eigenvalue weighted by molar-refractivity contribution is 7.81. The fourth-order valence-corrected chi connectivity index (χ4v) is 3.62. The predicted molar refractivity (Wildman–Crippen MR) is 92.5 cm³/mol. The van der Waals surface area contributed by atoms with Gasteiger partial charge in [-0.25, -0.2) is 0 Å².